The summed E-state index contributed by atoms with van der Waals surface area (Å²) in [5.74, 6) is 1.63. The van der Waals surface area contributed by atoms with Gasteiger partial charge in [0.2, 0.25) is 0 Å². The van der Waals surface area contributed by atoms with Gasteiger partial charge in [-0.05, 0) is 174 Å². The van der Waals surface area contributed by atoms with Crippen molar-refractivity contribution in [1.82, 2.24) is 19.9 Å². The Balaban J connectivity index is 0.885. The molecule has 15 rings (SSSR count). The zero-order valence-electron chi connectivity index (χ0n) is 39.3. The zero-order valence-corrected chi connectivity index (χ0v) is 39.3. The fraction of sp³-hybridized carbons (Fsp3) is 0.0149. The molecule has 12 aromatic rings. The van der Waals surface area contributed by atoms with Gasteiger partial charge in [0.15, 0.2) is 11.5 Å². The van der Waals surface area contributed by atoms with Crippen molar-refractivity contribution in [3.8, 4) is 89.6 Å². The Morgan fingerprint density at radius 3 is 1.81 bits per heavy atom. The van der Waals surface area contributed by atoms with Crippen LogP contribution in [0.5, 0.6) is 11.5 Å². The minimum absolute atomic E-state index is 0.718. The molecule has 0 amide bonds. The lowest BCUT2D eigenvalue weighted by Crippen LogP contribution is -2.26. The van der Waals surface area contributed by atoms with Crippen molar-refractivity contribution in [2.75, 3.05) is 4.90 Å². The molecule has 1 unspecified atom stereocenters. The summed E-state index contributed by atoms with van der Waals surface area (Å²) in [6, 6.07) is 76.4. The van der Waals surface area contributed by atoms with Crippen molar-refractivity contribution >= 4 is 27.8 Å². The Kier molecular flexibility index (Phi) is 9.07. The van der Waals surface area contributed by atoms with E-state index >= 15 is 0 Å². The molecule has 1 aliphatic heterocycles. The van der Waals surface area contributed by atoms with Gasteiger partial charge in [0, 0.05) is 59.6 Å². The summed E-state index contributed by atoms with van der Waals surface area (Å²) in [5, 5.41) is 2.47. The summed E-state index contributed by atoms with van der Waals surface area (Å²) in [7, 11) is 0. The Hall–Kier alpha value is -9.78. The number of aromatic nitrogens is 4. The highest BCUT2D eigenvalue weighted by molar-refractivity contribution is 6.02. The number of pyridine rings is 4. The van der Waals surface area contributed by atoms with Gasteiger partial charge < -0.3 is 9.64 Å². The van der Waals surface area contributed by atoms with Crippen molar-refractivity contribution < 1.29 is 4.74 Å². The van der Waals surface area contributed by atoms with Crippen LogP contribution < -0.4 is 9.64 Å². The average Bonchev–Trinajstić information content (AvgIpc) is 3.94. The highest BCUT2D eigenvalue weighted by atomic mass is 16.5. The van der Waals surface area contributed by atoms with E-state index in [1.165, 1.54) is 27.5 Å². The summed E-state index contributed by atoms with van der Waals surface area (Å²) in [6.07, 6.45) is 11.3. The molecule has 1 spiro atoms. The number of benzene rings is 8. The summed E-state index contributed by atoms with van der Waals surface area (Å²) in [5.41, 5.74) is 22.0. The first-order valence-electron chi connectivity index (χ1n) is 24.6. The molecule has 340 valence electrons. The first-order chi connectivity index (χ1) is 36.2. The summed E-state index contributed by atoms with van der Waals surface area (Å²) in [6.45, 7) is 0. The summed E-state index contributed by atoms with van der Waals surface area (Å²) in [4.78, 5) is 21.4. The molecule has 1 atom stereocenters. The molecule has 0 saturated carbocycles. The van der Waals surface area contributed by atoms with E-state index in [0.29, 0.717) is 0 Å². The van der Waals surface area contributed by atoms with Crippen molar-refractivity contribution in [3.05, 3.63) is 272 Å². The maximum atomic E-state index is 7.19. The smallest absolute Gasteiger partial charge is 0.159 e. The Morgan fingerprint density at radius 2 is 1.00 bits per heavy atom. The Morgan fingerprint density at radius 1 is 0.370 bits per heavy atom. The first-order valence-corrected chi connectivity index (χ1v) is 24.6. The molecule has 0 fully saturated rings. The second-order valence-corrected chi connectivity index (χ2v) is 19.0. The Labute approximate surface area is 422 Å². The van der Waals surface area contributed by atoms with E-state index in [0.717, 1.165) is 112 Å². The van der Waals surface area contributed by atoms with Gasteiger partial charge in [0.05, 0.1) is 28.2 Å². The molecular weight excluding hydrogens is 891 g/mol. The lowest BCUT2D eigenvalue weighted by Gasteiger charge is -2.35. The topological polar surface area (TPSA) is 64.0 Å². The molecule has 0 radical (unpaired) electrons. The van der Waals surface area contributed by atoms with Crippen LogP contribution in [0, 0.1) is 0 Å². The molecule has 2 aliphatic carbocycles. The van der Waals surface area contributed by atoms with Crippen molar-refractivity contribution in [2.24, 2.45) is 0 Å². The monoisotopic (exact) mass is 931 g/mol. The second kappa shape index (κ2) is 16.1. The van der Waals surface area contributed by atoms with E-state index in [1.54, 1.807) is 0 Å². The van der Waals surface area contributed by atoms with Gasteiger partial charge in [0.1, 0.15) is 0 Å². The fourth-order valence-corrected chi connectivity index (χ4v) is 11.9. The highest BCUT2D eigenvalue weighted by Crippen LogP contribution is 2.66. The van der Waals surface area contributed by atoms with Gasteiger partial charge in [-0.2, -0.15) is 0 Å². The van der Waals surface area contributed by atoms with E-state index < -0.39 is 5.41 Å². The normalized spacial score (nSPS) is 14.4. The molecule has 6 nitrogen and oxygen atoms in total. The predicted molar refractivity (Wildman–Crippen MR) is 293 cm³/mol. The number of hydrogen-bond acceptors (Lipinski definition) is 6. The number of anilines is 3. The Bertz CT molecular complexity index is 4130. The number of ether oxygens (including phenoxy) is 1. The molecule has 73 heavy (non-hydrogen) atoms. The zero-order chi connectivity index (χ0) is 48.0. The average molecular weight is 932 g/mol. The van der Waals surface area contributed by atoms with Crippen molar-refractivity contribution in [3.63, 3.8) is 0 Å². The quantitative estimate of drug-likeness (QED) is 0.166. The molecule has 0 N–H and O–H groups in total. The lowest BCUT2D eigenvalue weighted by atomic mass is 9.70. The van der Waals surface area contributed by atoms with Crippen LogP contribution in [0.4, 0.5) is 17.1 Å². The van der Waals surface area contributed by atoms with Gasteiger partial charge in [0.25, 0.3) is 0 Å². The molecule has 4 aromatic heterocycles. The number of hydrogen-bond donors (Lipinski definition) is 0. The molecule has 6 heteroatoms. The largest absolute Gasteiger partial charge is 0.452 e. The van der Waals surface area contributed by atoms with E-state index in [2.05, 4.69) is 227 Å². The molecular formula is C67H41N5O. The minimum atomic E-state index is -0.718. The van der Waals surface area contributed by atoms with Crippen LogP contribution in [-0.2, 0) is 5.41 Å². The fourth-order valence-electron chi connectivity index (χ4n) is 11.9. The highest BCUT2D eigenvalue weighted by Gasteiger charge is 2.54. The molecule has 0 bridgehead atoms. The first kappa shape index (κ1) is 41.0. The number of para-hydroxylation sites is 2. The van der Waals surface area contributed by atoms with Gasteiger partial charge in [-0.25, -0.2) is 0 Å². The van der Waals surface area contributed by atoms with Crippen LogP contribution in [0.2, 0.25) is 0 Å². The number of fused-ring (bicyclic) bond motifs is 14. The van der Waals surface area contributed by atoms with Crippen molar-refractivity contribution in [2.45, 2.75) is 5.41 Å². The van der Waals surface area contributed by atoms with Crippen LogP contribution in [0.15, 0.2) is 250 Å². The van der Waals surface area contributed by atoms with Gasteiger partial charge >= 0.3 is 0 Å². The van der Waals surface area contributed by atoms with Crippen LogP contribution in [-0.4, -0.2) is 19.9 Å². The third-order valence-corrected chi connectivity index (χ3v) is 15.1. The minimum Gasteiger partial charge on any atom is -0.452 e. The van der Waals surface area contributed by atoms with E-state index in [-0.39, 0.29) is 0 Å². The van der Waals surface area contributed by atoms with Crippen LogP contribution in [0.1, 0.15) is 22.3 Å². The van der Waals surface area contributed by atoms with Crippen molar-refractivity contribution in [1.29, 1.82) is 0 Å². The molecule has 3 aliphatic rings. The SMILES string of the molecule is c1cc(-c2cc(-c3ccncc3)cc(-c3ccncc3)c2)cc(-c2cnc3c(c2)C2(c4ccccc4-c4c2ccc2c4Oc4ccccc4N2c2ccc(-c4cccc5ccccc45)cc2)c2cccnc2-3)c1. The number of nitrogens with zero attached hydrogens (tertiary/aromatic N) is 5. The molecule has 8 aromatic carbocycles. The predicted octanol–water partition coefficient (Wildman–Crippen LogP) is 16.7. The second-order valence-electron chi connectivity index (χ2n) is 19.0. The number of rotatable bonds is 6. The third kappa shape index (κ3) is 6.24. The maximum Gasteiger partial charge on any atom is 0.159 e. The third-order valence-electron chi connectivity index (χ3n) is 15.1. The van der Waals surface area contributed by atoms with E-state index in [1.807, 2.05) is 37.2 Å². The van der Waals surface area contributed by atoms with E-state index in [4.69, 9.17) is 14.7 Å². The van der Waals surface area contributed by atoms with Gasteiger partial charge in [-0.15, -0.1) is 0 Å². The molecule has 5 heterocycles. The van der Waals surface area contributed by atoms with Crippen LogP contribution in [0.25, 0.3) is 88.9 Å². The summed E-state index contributed by atoms with van der Waals surface area (Å²) < 4.78 is 7.19. The maximum absolute atomic E-state index is 7.19. The summed E-state index contributed by atoms with van der Waals surface area (Å²) >= 11 is 0. The standard InChI is InChI=1S/C67H41N5O/c1-2-14-53-44(10-1)11-8-16-54(53)45-21-23-52(24-22-45)72-60-19-5-6-20-62(60)73-66-61(72)26-25-57-63(66)55-15-3-4-17-56(55)67(57)58-18-9-31-70-64(58)65-59(67)40-51(41-71-65)47-13-7-12-46(36-47)50-38-48(42-27-32-68-33-28-42)37-49(39-50)43-29-34-69-35-30-43/h1-41H. The lowest BCUT2D eigenvalue weighted by molar-refractivity contribution is 0.478. The van der Waals surface area contributed by atoms with Gasteiger partial charge in [-0.1, -0.05) is 121 Å². The van der Waals surface area contributed by atoms with E-state index in [9.17, 15) is 0 Å². The molecule has 0 saturated heterocycles. The van der Waals surface area contributed by atoms with Crippen LogP contribution >= 0.6 is 0 Å². The van der Waals surface area contributed by atoms with Gasteiger partial charge in [-0.3, -0.25) is 19.9 Å². The van der Waals surface area contributed by atoms with Crippen LogP contribution in [0.3, 0.4) is 0 Å².